The van der Waals surface area contributed by atoms with Gasteiger partial charge in [-0.25, -0.2) is 0 Å². The zero-order valence-corrected chi connectivity index (χ0v) is 10.5. The van der Waals surface area contributed by atoms with Crippen LogP contribution in [0.5, 0.6) is 0 Å². The largest absolute Gasteiger partial charge is 0.354 e. The van der Waals surface area contributed by atoms with E-state index in [1.807, 2.05) is 0 Å². The lowest BCUT2D eigenvalue weighted by atomic mass is 10.1. The van der Waals surface area contributed by atoms with Crippen molar-refractivity contribution in [1.82, 2.24) is 16.0 Å². The molecule has 0 bridgehead atoms. The first-order valence-corrected chi connectivity index (χ1v) is 6.32. The van der Waals surface area contributed by atoms with Crippen LogP contribution in [0.1, 0.15) is 12.8 Å². The van der Waals surface area contributed by atoms with Gasteiger partial charge in [-0.3, -0.25) is 14.9 Å². The van der Waals surface area contributed by atoms with Gasteiger partial charge in [-0.2, -0.15) is 0 Å². The highest BCUT2D eigenvalue weighted by molar-refractivity contribution is 7.99. The maximum absolute atomic E-state index is 11.7. The van der Waals surface area contributed by atoms with Crippen molar-refractivity contribution in [3.05, 3.63) is 0 Å². The standard InChI is InChI=1S/C9H15N3O2S.ClH/c13-8-6(2-1-3-10-8)12-9(14)7-4-15-5-11-7;/h6-7,11H,1-5H2,(H,10,13)(H,12,14);1H. The molecule has 0 aromatic carbocycles. The summed E-state index contributed by atoms with van der Waals surface area (Å²) in [7, 11) is 0. The smallest absolute Gasteiger partial charge is 0.242 e. The highest BCUT2D eigenvalue weighted by Gasteiger charge is 2.28. The molecular weight excluding hydrogens is 250 g/mol. The third kappa shape index (κ3) is 3.26. The molecule has 2 saturated heterocycles. The van der Waals surface area contributed by atoms with Crippen LogP contribution in [0.3, 0.4) is 0 Å². The summed E-state index contributed by atoms with van der Waals surface area (Å²) in [5, 5.41) is 8.61. The number of hydrogen-bond acceptors (Lipinski definition) is 4. The van der Waals surface area contributed by atoms with Crippen LogP contribution in [0, 0.1) is 0 Å². The van der Waals surface area contributed by atoms with E-state index in [-0.39, 0.29) is 36.3 Å². The lowest BCUT2D eigenvalue weighted by molar-refractivity contribution is -0.130. The molecule has 0 aliphatic carbocycles. The number of carbonyl (C=O) groups excluding carboxylic acids is 2. The second-order valence-electron chi connectivity index (χ2n) is 3.77. The molecule has 0 aromatic rings. The number of amides is 2. The Morgan fingerprint density at radius 2 is 2.31 bits per heavy atom. The Kier molecular flexibility index (Phi) is 5.37. The van der Waals surface area contributed by atoms with Crippen molar-refractivity contribution < 1.29 is 9.59 Å². The van der Waals surface area contributed by atoms with Crippen LogP contribution < -0.4 is 16.0 Å². The van der Waals surface area contributed by atoms with Gasteiger partial charge >= 0.3 is 0 Å². The van der Waals surface area contributed by atoms with Crippen molar-refractivity contribution in [2.75, 3.05) is 18.2 Å². The Labute approximate surface area is 105 Å². The van der Waals surface area contributed by atoms with Gasteiger partial charge in [0, 0.05) is 18.2 Å². The van der Waals surface area contributed by atoms with E-state index in [1.54, 1.807) is 11.8 Å². The van der Waals surface area contributed by atoms with E-state index in [1.165, 1.54) is 0 Å². The molecule has 92 valence electrons. The summed E-state index contributed by atoms with van der Waals surface area (Å²) in [6.45, 7) is 0.725. The Bertz CT molecular complexity index is 271. The second-order valence-corrected chi connectivity index (χ2v) is 4.80. The van der Waals surface area contributed by atoms with Crippen LogP contribution in [0.4, 0.5) is 0 Å². The molecule has 2 aliphatic rings. The average Bonchev–Trinajstić information content (AvgIpc) is 2.74. The molecule has 5 nitrogen and oxygen atoms in total. The molecule has 2 fully saturated rings. The fraction of sp³-hybridized carbons (Fsp3) is 0.778. The van der Waals surface area contributed by atoms with Gasteiger partial charge in [0.25, 0.3) is 0 Å². The van der Waals surface area contributed by atoms with Crippen LogP contribution >= 0.6 is 24.2 Å². The van der Waals surface area contributed by atoms with Crippen molar-refractivity contribution in [1.29, 1.82) is 0 Å². The molecule has 2 rings (SSSR count). The zero-order valence-electron chi connectivity index (χ0n) is 8.82. The van der Waals surface area contributed by atoms with Crippen LogP contribution in [0.25, 0.3) is 0 Å². The Balaban J connectivity index is 0.00000128. The van der Waals surface area contributed by atoms with E-state index in [9.17, 15) is 9.59 Å². The summed E-state index contributed by atoms with van der Waals surface area (Å²) in [4.78, 5) is 23.1. The predicted octanol–water partition coefficient (Wildman–Crippen LogP) is -0.534. The third-order valence-electron chi connectivity index (χ3n) is 2.63. The molecule has 2 heterocycles. The molecule has 2 unspecified atom stereocenters. The van der Waals surface area contributed by atoms with Gasteiger partial charge in [-0.15, -0.1) is 24.2 Å². The fourth-order valence-corrected chi connectivity index (χ4v) is 2.69. The molecule has 16 heavy (non-hydrogen) atoms. The van der Waals surface area contributed by atoms with E-state index < -0.39 is 0 Å². The maximum Gasteiger partial charge on any atom is 0.242 e. The number of hydrogen-bond donors (Lipinski definition) is 3. The average molecular weight is 266 g/mol. The van der Waals surface area contributed by atoms with Crippen molar-refractivity contribution in [3.63, 3.8) is 0 Å². The van der Waals surface area contributed by atoms with Crippen LogP contribution in [-0.2, 0) is 9.59 Å². The first-order valence-electron chi connectivity index (χ1n) is 5.16. The number of carbonyl (C=O) groups is 2. The van der Waals surface area contributed by atoms with Gasteiger partial charge in [-0.1, -0.05) is 0 Å². The molecule has 0 aromatic heterocycles. The zero-order chi connectivity index (χ0) is 10.7. The van der Waals surface area contributed by atoms with Gasteiger partial charge in [-0.05, 0) is 12.8 Å². The molecule has 2 atom stereocenters. The molecule has 7 heteroatoms. The quantitative estimate of drug-likeness (QED) is 0.628. The molecule has 0 radical (unpaired) electrons. The van der Waals surface area contributed by atoms with Gasteiger partial charge in [0.15, 0.2) is 0 Å². The molecule has 2 amide bonds. The highest BCUT2D eigenvalue weighted by Crippen LogP contribution is 2.10. The van der Waals surface area contributed by atoms with E-state index in [2.05, 4.69) is 16.0 Å². The van der Waals surface area contributed by atoms with Gasteiger partial charge < -0.3 is 10.6 Å². The molecule has 3 N–H and O–H groups in total. The number of thioether (sulfide) groups is 1. The maximum atomic E-state index is 11.7. The summed E-state index contributed by atoms with van der Waals surface area (Å²) in [6.07, 6.45) is 1.68. The number of piperidine rings is 1. The van der Waals surface area contributed by atoms with E-state index >= 15 is 0 Å². The van der Waals surface area contributed by atoms with Crippen molar-refractivity contribution >= 4 is 36.0 Å². The summed E-state index contributed by atoms with van der Waals surface area (Å²) in [5.41, 5.74) is 0. The topological polar surface area (TPSA) is 70.2 Å². The van der Waals surface area contributed by atoms with Crippen LogP contribution in [0.2, 0.25) is 0 Å². The van der Waals surface area contributed by atoms with Crippen molar-refractivity contribution in [2.45, 2.75) is 24.9 Å². The van der Waals surface area contributed by atoms with Crippen molar-refractivity contribution in [2.24, 2.45) is 0 Å². The van der Waals surface area contributed by atoms with E-state index in [0.29, 0.717) is 0 Å². The minimum atomic E-state index is -0.335. The lowest BCUT2D eigenvalue weighted by Gasteiger charge is -2.23. The molecule has 0 saturated carbocycles. The molecule has 0 spiro atoms. The number of nitrogens with one attached hydrogen (secondary N) is 3. The normalized spacial score (nSPS) is 29.1. The third-order valence-corrected chi connectivity index (χ3v) is 3.57. The van der Waals surface area contributed by atoms with Crippen molar-refractivity contribution in [3.8, 4) is 0 Å². The fourth-order valence-electron chi connectivity index (χ4n) is 1.75. The van der Waals surface area contributed by atoms with Gasteiger partial charge in [0.2, 0.25) is 11.8 Å². The summed E-state index contributed by atoms with van der Waals surface area (Å²) in [5.74, 6) is 1.50. The predicted molar refractivity (Wildman–Crippen MR) is 65.7 cm³/mol. The highest BCUT2D eigenvalue weighted by atomic mass is 35.5. The Morgan fingerprint density at radius 3 is 2.94 bits per heavy atom. The summed E-state index contributed by atoms with van der Waals surface area (Å²) < 4.78 is 0. The van der Waals surface area contributed by atoms with Crippen LogP contribution in [-0.4, -0.2) is 42.1 Å². The first kappa shape index (κ1) is 13.6. The number of rotatable bonds is 2. The monoisotopic (exact) mass is 265 g/mol. The lowest BCUT2D eigenvalue weighted by Crippen LogP contribution is -2.54. The van der Waals surface area contributed by atoms with E-state index in [0.717, 1.165) is 31.0 Å². The molecule has 2 aliphatic heterocycles. The SMILES string of the molecule is Cl.O=C(NC1CCCNC1=O)C1CSCN1. The van der Waals surface area contributed by atoms with Gasteiger partial charge in [0.1, 0.15) is 6.04 Å². The Hall–Kier alpha value is -0.460. The second kappa shape index (κ2) is 6.32. The minimum absolute atomic E-state index is 0. The first-order chi connectivity index (χ1) is 7.27. The summed E-state index contributed by atoms with van der Waals surface area (Å²) in [6, 6.07) is -0.469. The van der Waals surface area contributed by atoms with E-state index in [4.69, 9.17) is 0 Å². The van der Waals surface area contributed by atoms with Gasteiger partial charge in [0.05, 0.1) is 6.04 Å². The van der Waals surface area contributed by atoms with Crippen LogP contribution in [0.15, 0.2) is 0 Å². The molecular formula is C9H16ClN3O2S. The number of halogens is 1. The minimum Gasteiger partial charge on any atom is -0.354 e. The summed E-state index contributed by atoms with van der Waals surface area (Å²) >= 11 is 1.70. The Morgan fingerprint density at radius 1 is 1.50 bits per heavy atom.